The van der Waals surface area contributed by atoms with Gasteiger partial charge in [-0.2, -0.15) is 13.2 Å². The highest BCUT2D eigenvalue weighted by molar-refractivity contribution is 6.30. The van der Waals surface area contributed by atoms with E-state index in [0.29, 0.717) is 12.5 Å². The standard InChI is InChI=1S/C10H10ClF4N/c11-8-5-7(10(13,14)15)4-6(9(8)12)2-1-3-16/h4-5H,1-3,16H2. The molecule has 6 heteroatoms. The summed E-state index contributed by atoms with van der Waals surface area (Å²) in [6.07, 6.45) is -3.96. The number of benzene rings is 1. The highest BCUT2D eigenvalue weighted by Crippen LogP contribution is 2.33. The molecule has 16 heavy (non-hydrogen) atoms. The predicted octanol–water partition coefficient (Wildman–Crippen LogP) is 3.39. The van der Waals surface area contributed by atoms with Gasteiger partial charge in [0, 0.05) is 0 Å². The molecule has 0 aliphatic rings. The lowest BCUT2D eigenvalue weighted by Crippen LogP contribution is -2.08. The van der Waals surface area contributed by atoms with E-state index in [9.17, 15) is 17.6 Å². The molecule has 0 aliphatic heterocycles. The Kier molecular flexibility index (Phi) is 4.15. The van der Waals surface area contributed by atoms with Gasteiger partial charge in [-0.15, -0.1) is 0 Å². The van der Waals surface area contributed by atoms with Crippen LogP contribution in [0.15, 0.2) is 12.1 Å². The molecule has 0 fully saturated rings. The van der Waals surface area contributed by atoms with E-state index in [1.54, 1.807) is 0 Å². The van der Waals surface area contributed by atoms with Gasteiger partial charge in [-0.25, -0.2) is 4.39 Å². The lowest BCUT2D eigenvalue weighted by molar-refractivity contribution is -0.137. The topological polar surface area (TPSA) is 26.0 Å². The highest BCUT2D eigenvalue weighted by atomic mass is 35.5. The van der Waals surface area contributed by atoms with Gasteiger partial charge < -0.3 is 5.73 Å². The average molecular weight is 256 g/mol. The van der Waals surface area contributed by atoms with Crippen molar-refractivity contribution in [3.8, 4) is 0 Å². The van der Waals surface area contributed by atoms with E-state index in [1.165, 1.54) is 0 Å². The summed E-state index contributed by atoms with van der Waals surface area (Å²) in [6, 6.07) is 1.36. The van der Waals surface area contributed by atoms with Gasteiger partial charge in [0.1, 0.15) is 5.82 Å². The van der Waals surface area contributed by atoms with Crippen molar-refractivity contribution in [2.75, 3.05) is 6.54 Å². The molecule has 0 bridgehead atoms. The Hall–Kier alpha value is -0.810. The quantitative estimate of drug-likeness (QED) is 0.823. The molecular formula is C10H10ClF4N. The van der Waals surface area contributed by atoms with Crippen LogP contribution in [0.5, 0.6) is 0 Å². The predicted molar refractivity (Wildman–Crippen MR) is 53.8 cm³/mol. The van der Waals surface area contributed by atoms with Crippen LogP contribution < -0.4 is 5.73 Å². The van der Waals surface area contributed by atoms with Crippen LogP contribution in [0.4, 0.5) is 17.6 Å². The Bertz CT molecular complexity index is 376. The number of hydrogen-bond donors (Lipinski definition) is 1. The van der Waals surface area contributed by atoms with E-state index in [2.05, 4.69) is 0 Å². The first-order chi connectivity index (χ1) is 7.36. The van der Waals surface area contributed by atoms with Crippen molar-refractivity contribution in [1.82, 2.24) is 0 Å². The summed E-state index contributed by atoms with van der Waals surface area (Å²) in [5.41, 5.74) is 4.22. The second-order valence-corrected chi connectivity index (χ2v) is 3.73. The number of nitrogens with two attached hydrogens (primary N) is 1. The summed E-state index contributed by atoms with van der Waals surface area (Å²) in [7, 11) is 0. The van der Waals surface area contributed by atoms with Gasteiger partial charge in [-0.1, -0.05) is 11.6 Å². The molecule has 0 unspecified atom stereocenters. The van der Waals surface area contributed by atoms with Gasteiger partial charge in [-0.05, 0) is 37.1 Å². The average Bonchev–Trinajstić information content (AvgIpc) is 2.18. The molecule has 0 saturated carbocycles. The van der Waals surface area contributed by atoms with Crippen LogP contribution in [0, 0.1) is 5.82 Å². The molecule has 1 aromatic carbocycles. The summed E-state index contributed by atoms with van der Waals surface area (Å²) >= 11 is 5.40. The molecule has 1 rings (SSSR count). The number of halogens is 5. The number of rotatable bonds is 3. The Morgan fingerprint density at radius 1 is 1.25 bits per heavy atom. The zero-order valence-electron chi connectivity index (χ0n) is 8.24. The van der Waals surface area contributed by atoms with Crippen molar-refractivity contribution in [2.45, 2.75) is 19.0 Å². The molecule has 0 radical (unpaired) electrons. The first-order valence-electron chi connectivity index (χ1n) is 4.61. The van der Waals surface area contributed by atoms with E-state index >= 15 is 0 Å². The lowest BCUT2D eigenvalue weighted by atomic mass is 10.1. The maximum atomic E-state index is 13.4. The molecule has 1 aromatic rings. The molecule has 0 atom stereocenters. The summed E-state index contributed by atoms with van der Waals surface area (Å²) in [5, 5.41) is -0.512. The van der Waals surface area contributed by atoms with Crippen LogP contribution >= 0.6 is 11.6 Å². The van der Waals surface area contributed by atoms with Crippen LogP contribution in [0.3, 0.4) is 0 Å². The fourth-order valence-corrected chi connectivity index (χ4v) is 1.52. The summed E-state index contributed by atoms with van der Waals surface area (Å²) < 4.78 is 50.5. The lowest BCUT2D eigenvalue weighted by Gasteiger charge is -2.11. The van der Waals surface area contributed by atoms with Gasteiger partial charge >= 0.3 is 6.18 Å². The van der Waals surface area contributed by atoms with Crippen molar-refractivity contribution in [2.24, 2.45) is 5.73 Å². The van der Waals surface area contributed by atoms with Gasteiger partial charge in [0.2, 0.25) is 0 Å². The maximum absolute atomic E-state index is 13.4. The molecule has 2 N–H and O–H groups in total. The number of alkyl halides is 3. The summed E-state index contributed by atoms with van der Waals surface area (Å²) in [4.78, 5) is 0. The second kappa shape index (κ2) is 5.01. The minimum atomic E-state index is -4.52. The van der Waals surface area contributed by atoms with E-state index in [4.69, 9.17) is 17.3 Å². The summed E-state index contributed by atoms with van der Waals surface area (Å²) in [5.74, 6) is -0.803. The first kappa shape index (κ1) is 13.3. The van der Waals surface area contributed by atoms with Gasteiger partial charge in [0.05, 0.1) is 10.6 Å². The third kappa shape index (κ3) is 3.09. The Morgan fingerprint density at radius 3 is 2.38 bits per heavy atom. The Labute approximate surface area is 95.2 Å². The van der Waals surface area contributed by atoms with E-state index in [-0.39, 0.29) is 18.5 Å². The van der Waals surface area contributed by atoms with Gasteiger partial charge in [-0.3, -0.25) is 0 Å². The molecule has 0 aromatic heterocycles. The van der Waals surface area contributed by atoms with Crippen LogP contribution in [-0.4, -0.2) is 6.54 Å². The van der Waals surface area contributed by atoms with Crippen LogP contribution in [0.1, 0.15) is 17.5 Å². The number of hydrogen-bond acceptors (Lipinski definition) is 1. The molecule has 1 nitrogen and oxygen atoms in total. The number of aryl methyl sites for hydroxylation is 1. The maximum Gasteiger partial charge on any atom is 0.416 e. The first-order valence-corrected chi connectivity index (χ1v) is 4.99. The largest absolute Gasteiger partial charge is 0.416 e. The van der Waals surface area contributed by atoms with E-state index in [0.717, 1.165) is 6.07 Å². The zero-order chi connectivity index (χ0) is 12.3. The third-order valence-electron chi connectivity index (χ3n) is 2.08. The highest BCUT2D eigenvalue weighted by Gasteiger charge is 2.32. The fourth-order valence-electron chi connectivity index (χ4n) is 1.28. The monoisotopic (exact) mass is 255 g/mol. The van der Waals surface area contributed by atoms with Crippen molar-refractivity contribution in [3.63, 3.8) is 0 Å². The molecule has 0 amide bonds. The van der Waals surface area contributed by atoms with Crippen molar-refractivity contribution < 1.29 is 17.6 Å². The molecule has 0 spiro atoms. The van der Waals surface area contributed by atoms with Gasteiger partial charge in [0.25, 0.3) is 0 Å². The van der Waals surface area contributed by atoms with Crippen LogP contribution in [-0.2, 0) is 12.6 Å². The smallest absolute Gasteiger partial charge is 0.330 e. The molecular weight excluding hydrogens is 246 g/mol. The fraction of sp³-hybridized carbons (Fsp3) is 0.400. The molecule has 0 aliphatic carbocycles. The van der Waals surface area contributed by atoms with Crippen LogP contribution in [0.25, 0.3) is 0 Å². The molecule has 0 saturated heterocycles. The molecule has 0 heterocycles. The van der Waals surface area contributed by atoms with Crippen LogP contribution in [0.2, 0.25) is 5.02 Å². The zero-order valence-corrected chi connectivity index (χ0v) is 9.00. The minimum Gasteiger partial charge on any atom is -0.330 e. The minimum absolute atomic E-state index is 0.0507. The second-order valence-electron chi connectivity index (χ2n) is 3.32. The van der Waals surface area contributed by atoms with E-state index in [1.807, 2.05) is 0 Å². The Morgan fingerprint density at radius 2 is 1.88 bits per heavy atom. The van der Waals surface area contributed by atoms with Crippen molar-refractivity contribution >= 4 is 11.6 Å². The van der Waals surface area contributed by atoms with E-state index < -0.39 is 22.6 Å². The van der Waals surface area contributed by atoms with Crippen molar-refractivity contribution in [1.29, 1.82) is 0 Å². The third-order valence-corrected chi connectivity index (χ3v) is 2.36. The SMILES string of the molecule is NCCCc1cc(C(F)(F)F)cc(Cl)c1F. The van der Waals surface area contributed by atoms with Crippen molar-refractivity contribution in [3.05, 3.63) is 34.1 Å². The normalized spacial score (nSPS) is 11.9. The summed E-state index contributed by atoms with van der Waals surface area (Å²) in [6.45, 7) is 0.285. The van der Waals surface area contributed by atoms with Gasteiger partial charge in [0.15, 0.2) is 0 Å². The Balaban J connectivity index is 3.12. The molecule has 90 valence electrons.